The van der Waals surface area contributed by atoms with Crippen molar-refractivity contribution in [3.05, 3.63) is 0 Å². The zero-order chi connectivity index (χ0) is 13.5. The molecule has 102 valence electrons. The number of carboxylic acid groups (broad SMARTS) is 1. The number of ether oxygens (including phenoxy) is 1. The van der Waals surface area contributed by atoms with Crippen LogP contribution >= 0.6 is 0 Å². The van der Waals surface area contributed by atoms with Crippen LogP contribution in [0.15, 0.2) is 0 Å². The van der Waals surface area contributed by atoms with Gasteiger partial charge in [0.25, 0.3) is 0 Å². The highest BCUT2D eigenvalue weighted by molar-refractivity contribution is 5.91. The van der Waals surface area contributed by atoms with Crippen molar-refractivity contribution in [2.75, 3.05) is 26.8 Å². The molecule has 1 aliphatic heterocycles. The third kappa shape index (κ3) is 2.11. The molecule has 0 aromatic carbocycles. The van der Waals surface area contributed by atoms with Crippen LogP contribution in [0.4, 0.5) is 0 Å². The second kappa shape index (κ2) is 4.53. The normalized spacial score (nSPS) is 33.5. The van der Waals surface area contributed by atoms with E-state index in [2.05, 4.69) is 0 Å². The molecule has 5 nitrogen and oxygen atoms in total. The van der Waals surface area contributed by atoms with Crippen LogP contribution in [0.1, 0.15) is 20.3 Å². The molecule has 0 radical (unpaired) electrons. The van der Waals surface area contributed by atoms with Gasteiger partial charge in [-0.25, -0.2) is 0 Å². The highest BCUT2D eigenvalue weighted by atomic mass is 16.5. The van der Waals surface area contributed by atoms with Crippen LogP contribution < -0.4 is 0 Å². The Bertz CT molecular complexity index is 366. The molecule has 1 saturated heterocycles. The van der Waals surface area contributed by atoms with Crippen molar-refractivity contribution in [2.45, 2.75) is 20.3 Å². The first-order valence-electron chi connectivity index (χ1n) is 6.40. The molecule has 0 aromatic heterocycles. The SMILES string of the molecule is COCC1CCN(C(=O)C2C(C(=O)O)C2(C)C)C1. The number of carboxylic acids is 1. The largest absolute Gasteiger partial charge is 0.481 e. The average molecular weight is 255 g/mol. The lowest BCUT2D eigenvalue weighted by atomic mass is 10.1. The van der Waals surface area contributed by atoms with Gasteiger partial charge in [0.1, 0.15) is 0 Å². The number of rotatable bonds is 4. The molecule has 1 heterocycles. The molecular formula is C13H21NO4. The first-order valence-corrected chi connectivity index (χ1v) is 6.40. The Morgan fingerprint density at radius 2 is 2.06 bits per heavy atom. The molecule has 1 saturated carbocycles. The van der Waals surface area contributed by atoms with Gasteiger partial charge in [0.15, 0.2) is 0 Å². The lowest BCUT2D eigenvalue weighted by molar-refractivity contribution is -0.141. The molecule has 1 amide bonds. The molecule has 0 bridgehead atoms. The predicted molar refractivity (Wildman–Crippen MR) is 65.0 cm³/mol. The summed E-state index contributed by atoms with van der Waals surface area (Å²) in [6, 6.07) is 0. The van der Waals surface area contributed by atoms with Gasteiger partial charge in [0.05, 0.1) is 18.4 Å². The number of amides is 1. The van der Waals surface area contributed by atoms with Crippen molar-refractivity contribution >= 4 is 11.9 Å². The lowest BCUT2D eigenvalue weighted by Crippen LogP contribution is -2.32. The number of methoxy groups -OCH3 is 1. The first-order chi connectivity index (χ1) is 8.39. The maximum absolute atomic E-state index is 12.3. The summed E-state index contributed by atoms with van der Waals surface area (Å²) in [6.45, 7) is 5.81. The highest BCUT2D eigenvalue weighted by Crippen LogP contribution is 2.59. The van der Waals surface area contributed by atoms with Gasteiger partial charge in [-0.2, -0.15) is 0 Å². The molecule has 3 atom stereocenters. The van der Waals surface area contributed by atoms with Crippen LogP contribution in [0.3, 0.4) is 0 Å². The molecular weight excluding hydrogens is 234 g/mol. The molecule has 0 spiro atoms. The number of carbonyl (C=O) groups is 2. The van der Waals surface area contributed by atoms with Crippen molar-refractivity contribution in [1.29, 1.82) is 0 Å². The minimum absolute atomic E-state index is 0.00556. The topological polar surface area (TPSA) is 66.8 Å². The summed E-state index contributed by atoms with van der Waals surface area (Å²) in [5.74, 6) is -1.33. The van der Waals surface area contributed by atoms with E-state index in [1.54, 1.807) is 12.0 Å². The van der Waals surface area contributed by atoms with E-state index in [9.17, 15) is 9.59 Å². The van der Waals surface area contributed by atoms with Gasteiger partial charge in [-0.05, 0) is 11.8 Å². The number of nitrogens with zero attached hydrogens (tertiary/aromatic N) is 1. The third-order valence-electron chi connectivity index (χ3n) is 4.36. The number of hydrogen-bond acceptors (Lipinski definition) is 3. The summed E-state index contributed by atoms with van der Waals surface area (Å²) in [7, 11) is 1.66. The molecule has 3 unspecified atom stereocenters. The van der Waals surface area contributed by atoms with E-state index in [0.717, 1.165) is 13.0 Å². The predicted octanol–water partition coefficient (Wildman–Crippen LogP) is 0.838. The minimum Gasteiger partial charge on any atom is -0.481 e. The van der Waals surface area contributed by atoms with E-state index >= 15 is 0 Å². The summed E-state index contributed by atoms with van der Waals surface area (Å²) in [4.78, 5) is 25.2. The molecule has 2 fully saturated rings. The van der Waals surface area contributed by atoms with Crippen LogP contribution in [0, 0.1) is 23.2 Å². The maximum atomic E-state index is 12.3. The number of carbonyl (C=O) groups excluding carboxylic acids is 1. The number of likely N-dealkylation sites (tertiary alicyclic amines) is 1. The fourth-order valence-electron chi connectivity index (χ4n) is 3.16. The molecule has 18 heavy (non-hydrogen) atoms. The van der Waals surface area contributed by atoms with Crippen LogP contribution in [0.25, 0.3) is 0 Å². The fraction of sp³-hybridized carbons (Fsp3) is 0.846. The zero-order valence-electron chi connectivity index (χ0n) is 11.2. The quantitative estimate of drug-likeness (QED) is 0.808. The number of hydrogen-bond donors (Lipinski definition) is 1. The third-order valence-corrected chi connectivity index (χ3v) is 4.36. The van der Waals surface area contributed by atoms with Gasteiger partial charge < -0.3 is 14.7 Å². The van der Waals surface area contributed by atoms with Crippen molar-refractivity contribution < 1.29 is 19.4 Å². The van der Waals surface area contributed by atoms with Crippen LogP contribution in [-0.4, -0.2) is 48.7 Å². The first kappa shape index (κ1) is 13.3. The van der Waals surface area contributed by atoms with Crippen molar-refractivity contribution in [2.24, 2.45) is 23.2 Å². The van der Waals surface area contributed by atoms with E-state index in [1.807, 2.05) is 13.8 Å². The van der Waals surface area contributed by atoms with Gasteiger partial charge in [0, 0.05) is 26.1 Å². The van der Waals surface area contributed by atoms with E-state index in [-0.39, 0.29) is 11.8 Å². The summed E-state index contributed by atoms with van der Waals surface area (Å²) in [5, 5.41) is 9.10. The molecule has 5 heteroatoms. The van der Waals surface area contributed by atoms with E-state index < -0.39 is 17.3 Å². The summed E-state index contributed by atoms with van der Waals surface area (Å²) in [6.07, 6.45) is 0.949. The molecule has 1 aliphatic carbocycles. The van der Waals surface area contributed by atoms with Crippen LogP contribution in [0.2, 0.25) is 0 Å². The Kier molecular flexibility index (Phi) is 3.36. The van der Waals surface area contributed by atoms with Gasteiger partial charge >= 0.3 is 5.97 Å². The summed E-state index contributed by atoms with van der Waals surface area (Å²) >= 11 is 0. The van der Waals surface area contributed by atoms with Crippen molar-refractivity contribution in [3.8, 4) is 0 Å². The second-order valence-corrected chi connectivity index (χ2v) is 6.01. The Labute approximate surface area is 107 Å². The second-order valence-electron chi connectivity index (χ2n) is 6.01. The van der Waals surface area contributed by atoms with Crippen LogP contribution in [-0.2, 0) is 14.3 Å². The smallest absolute Gasteiger partial charge is 0.307 e. The standard InChI is InChI=1S/C13H21NO4/c1-13(2)9(10(13)12(16)17)11(15)14-5-4-8(6-14)7-18-3/h8-10H,4-7H2,1-3H3,(H,16,17). The summed E-state index contributed by atoms with van der Waals surface area (Å²) < 4.78 is 5.10. The van der Waals surface area contributed by atoms with E-state index in [1.165, 1.54) is 0 Å². The van der Waals surface area contributed by atoms with E-state index in [4.69, 9.17) is 9.84 Å². The monoisotopic (exact) mass is 255 g/mol. The fourth-order valence-corrected chi connectivity index (χ4v) is 3.16. The van der Waals surface area contributed by atoms with Gasteiger partial charge in [0.2, 0.25) is 5.91 Å². The molecule has 2 rings (SSSR count). The average Bonchev–Trinajstić information content (AvgIpc) is 2.66. The maximum Gasteiger partial charge on any atom is 0.307 e. The highest BCUT2D eigenvalue weighted by Gasteiger charge is 2.66. The molecule has 1 N–H and O–H groups in total. The summed E-state index contributed by atoms with van der Waals surface area (Å²) in [5.41, 5.74) is -0.401. The molecule has 0 aromatic rings. The molecule has 2 aliphatic rings. The number of aliphatic carboxylic acids is 1. The van der Waals surface area contributed by atoms with Crippen molar-refractivity contribution in [3.63, 3.8) is 0 Å². The van der Waals surface area contributed by atoms with Gasteiger partial charge in [-0.15, -0.1) is 0 Å². The Balaban J connectivity index is 1.96. The lowest BCUT2D eigenvalue weighted by Gasteiger charge is -2.17. The Morgan fingerprint density at radius 3 is 2.56 bits per heavy atom. The minimum atomic E-state index is -0.856. The van der Waals surface area contributed by atoms with Crippen molar-refractivity contribution in [1.82, 2.24) is 4.90 Å². The Morgan fingerprint density at radius 1 is 1.39 bits per heavy atom. The van der Waals surface area contributed by atoms with E-state index in [0.29, 0.717) is 19.1 Å². The van der Waals surface area contributed by atoms with Crippen LogP contribution in [0.5, 0.6) is 0 Å². The Hall–Kier alpha value is -1.10. The van der Waals surface area contributed by atoms with Gasteiger partial charge in [-0.3, -0.25) is 9.59 Å². The van der Waals surface area contributed by atoms with Gasteiger partial charge in [-0.1, -0.05) is 13.8 Å². The zero-order valence-corrected chi connectivity index (χ0v) is 11.2.